The van der Waals surface area contributed by atoms with Gasteiger partial charge in [-0.1, -0.05) is 52.0 Å². The minimum atomic E-state index is 0.633. The fourth-order valence-corrected chi connectivity index (χ4v) is 3.65. The van der Waals surface area contributed by atoms with Crippen LogP contribution in [0.25, 0.3) is 11.3 Å². The second-order valence-electron chi connectivity index (χ2n) is 4.77. The Morgan fingerprint density at radius 3 is 2.92 bits per heavy atom. The number of nitrogens with one attached hydrogen (secondary N) is 1. The molecule has 9 heteroatoms. The molecule has 3 rings (SSSR count). The van der Waals surface area contributed by atoms with E-state index in [-0.39, 0.29) is 0 Å². The Bertz CT molecular complexity index is 776. The molecule has 0 saturated carbocycles. The molecule has 0 radical (unpaired) electrons. The third kappa shape index (κ3) is 4.70. The number of anilines is 1. The van der Waals surface area contributed by atoms with Crippen molar-refractivity contribution in [1.29, 1.82) is 0 Å². The summed E-state index contributed by atoms with van der Waals surface area (Å²) in [7, 11) is 1.67. The zero-order valence-electron chi connectivity index (χ0n) is 12.9. The van der Waals surface area contributed by atoms with Crippen LogP contribution in [0, 0.1) is 0 Å². The van der Waals surface area contributed by atoms with Gasteiger partial charge in [0.1, 0.15) is 11.5 Å². The number of hydrogen-bond donors (Lipinski definition) is 1. The monoisotopic (exact) mass is 382 g/mol. The third-order valence-electron chi connectivity index (χ3n) is 3.03. The molecule has 0 amide bonds. The van der Waals surface area contributed by atoms with Gasteiger partial charge in [-0.15, -0.1) is 10.2 Å². The van der Waals surface area contributed by atoms with Gasteiger partial charge >= 0.3 is 0 Å². The maximum absolute atomic E-state index is 5.89. The van der Waals surface area contributed by atoms with Gasteiger partial charge in [-0.25, -0.2) is 0 Å². The molecule has 1 aromatic carbocycles. The van der Waals surface area contributed by atoms with Crippen LogP contribution in [-0.4, -0.2) is 35.6 Å². The van der Waals surface area contributed by atoms with Crippen molar-refractivity contribution in [2.45, 2.75) is 10.1 Å². The maximum atomic E-state index is 5.89. The summed E-state index contributed by atoms with van der Waals surface area (Å²) >= 11 is 8.96. The summed E-state index contributed by atoms with van der Waals surface area (Å²) in [4.78, 5) is 0. The van der Waals surface area contributed by atoms with Gasteiger partial charge in [-0.05, 0) is 12.1 Å². The lowest BCUT2D eigenvalue weighted by molar-refractivity contribution is 0.211. The van der Waals surface area contributed by atoms with Crippen LogP contribution in [0.4, 0.5) is 5.13 Å². The van der Waals surface area contributed by atoms with Gasteiger partial charge in [0.05, 0.1) is 12.4 Å². The van der Waals surface area contributed by atoms with E-state index in [4.69, 9.17) is 20.9 Å². The first-order valence-electron chi connectivity index (χ1n) is 7.15. The van der Waals surface area contributed by atoms with Crippen molar-refractivity contribution in [3.8, 4) is 11.3 Å². The van der Waals surface area contributed by atoms with Crippen LogP contribution in [0.15, 0.2) is 39.2 Å². The Morgan fingerprint density at radius 1 is 1.29 bits per heavy atom. The summed E-state index contributed by atoms with van der Waals surface area (Å²) in [5.74, 6) is 1.43. The number of halogens is 1. The SMILES string of the molecule is COCCNc1nnc(SCc2cc(-c3ccc(Cl)cc3)no2)s1. The number of ether oxygens (including phenoxy) is 1. The Hall–Kier alpha value is -1.61. The average molecular weight is 383 g/mol. The molecule has 0 spiro atoms. The highest BCUT2D eigenvalue weighted by molar-refractivity contribution is 8.00. The molecular formula is C15H15ClN4O2S2. The largest absolute Gasteiger partial charge is 0.383 e. The Labute approximate surface area is 152 Å². The zero-order chi connectivity index (χ0) is 16.8. The normalized spacial score (nSPS) is 10.9. The molecule has 0 saturated heterocycles. The molecule has 0 bridgehead atoms. The zero-order valence-corrected chi connectivity index (χ0v) is 15.2. The van der Waals surface area contributed by atoms with Gasteiger partial charge in [0.15, 0.2) is 4.34 Å². The molecule has 0 unspecified atom stereocenters. The lowest BCUT2D eigenvalue weighted by atomic mass is 10.1. The van der Waals surface area contributed by atoms with Crippen LogP contribution in [0.1, 0.15) is 5.76 Å². The molecule has 3 aromatic rings. The van der Waals surface area contributed by atoms with Crippen LogP contribution in [0.3, 0.4) is 0 Å². The van der Waals surface area contributed by atoms with E-state index < -0.39 is 0 Å². The van der Waals surface area contributed by atoms with Crippen LogP contribution in [0.2, 0.25) is 5.02 Å². The molecule has 0 atom stereocenters. The average Bonchev–Trinajstić information content (AvgIpc) is 3.23. The van der Waals surface area contributed by atoms with Crippen molar-refractivity contribution < 1.29 is 9.26 Å². The van der Waals surface area contributed by atoms with Crippen molar-refractivity contribution in [2.24, 2.45) is 0 Å². The summed E-state index contributed by atoms with van der Waals surface area (Å²) in [6.07, 6.45) is 0. The third-order valence-corrected chi connectivity index (χ3v) is 5.31. The Balaban J connectivity index is 1.54. The fraction of sp³-hybridized carbons (Fsp3) is 0.267. The first-order valence-corrected chi connectivity index (χ1v) is 9.33. The number of benzene rings is 1. The summed E-state index contributed by atoms with van der Waals surface area (Å²) in [6, 6.07) is 9.42. The van der Waals surface area contributed by atoms with Crippen molar-refractivity contribution in [3.63, 3.8) is 0 Å². The van der Waals surface area contributed by atoms with Crippen molar-refractivity contribution in [2.75, 3.05) is 25.6 Å². The summed E-state index contributed by atoms with van der Waals surface area (Å²) in [5.41, 5.74) is 1.77. The van der Waals surface area contributed by atoms with E-state index in [1.54, 1.807) is 18.9 Å². The van der Waals surface area contributed by atoms with E-state index in [1.165, 1.54) is 11.3 Å². The molecule has 2 aromatic heterocycles. The summed E-state index contributed by atoms with van der Waals surface area (Å²) in [6.45, 7) is 1.34. The number of rotatable bonds is 8. The van der Waals surface area contributed by atoms with Crippen LogP contribution < -0.4 is 5.32 Å². The predicted octanol–water partition coefficient (Wildman–Crippen LogP) is 4.20. The van der Waals surface area contributed by atoms with Crippen molar-refractivity contribution >= 4 is 39.8 Å². The Morgan fingerprint density at radius 2 is 2.12 bits per heavy atom. The minimum Gasteiger partial charge on any atom is -0.383 e. The smallest absolute Gasteiger partial charge is 0.206 e. The van der Waals surface area contributed by atoms with E-state index in [1.807, 2.05) is 30.3 Å². The van der Waals surface area contributed by atoms with Gasteiger partial charge < -0.3 is 14.6 Å². The second-order valence-corrected chi connectivity index (χ2v) is 7.40. The maximum Gasteiger partial charge on any atom is 0.206 e. The molecular weight excluding hydrogens is 368 g/mol. The lowest BCUT2D eigenvalue weighted by Crippen LogP contribution is -2.06. The predicted molar refractivity (Wildman–Crippen MR) is 96.8 cm³/mol. The standard InChI is InChI=1S/C15H15ClN4O2S2/c1-21-7-6-17-14-18-19-15(24-14)23-9-12-8-13(20-22-12)10-2-4-11(16)5-3-10/h2-5,8H,6-7,9H2,1H3,(H,17,18). The number of methoxy groups -OCH3 is 1. The highest BCUT2D eigenvalue weighted by Gasteiger charge is 2.10. The Kier molecular flexibility index (Phi) is 6.08. The molecule has 1 N–H and O–H groups in total. The lowest BCUT2D eigenvalue weighted by Gasteiger charge is -1.98. The van der Waals surface area contributed by atoms with Gasteiger partial charge in [0.2, 0.25) is 5.13 Å². The van der Waals surface area contributed by atoms with Gasteiger partial charge in [0, 0.05) is 30.3 Å². The van der Waals surface area contributed by atoms with E-state index in [0.717, 1.165) is 26.5 Å². The molecule has 24 heavy (non-hydrogen) atoms. The first-order chi connectivity index (χ1) is 11.7. The summed E-state index contributed by atoms with van der Waals surface area (Å²) < 4.78 is 11.2. The van der Waals surface area contributed by atoms with Crippen molar-refractivity contribution in [3.05, 3.63) is 41.1 Å². The highest BCUT2D eigenvalue weighted by Crippen LogP contribution is 2.29. The topological polar surface area (TPSA) is 73.1 Å². The quantitative estimate of drug-likeness (QED) is 0.462. The number of nitrogens with zero attached hydrogens (tertiary/aromatic N) is 3. The van der Waals surface area contributed by atoms with Crippen LogP contribution in [0.5, 0.6) is 0 Å². The molecule has 0 aliphatic heterocycles. The van der Waals surface area contributed by atoms with E-state index >= 15 is 0 Å². The van der Waals surface area contributed by atoms with Crippen LogP contribution in [-0.2, 0) is 10.5 Å². The van der Waals surface area contributed by atoms with Crippen LogP contribution >= 0.6 is 34.7 Å². The van der Waals surface area contributed by atoms with Gasteiger partial charge in [-0.2, -0.15) is 0 Å². The second kappa shape index (κ2) is 8.48. The molecule has 126 valence electrons. The molecule has 2 heterocycles. The van der Waals surface area contributed by atoms with Gasteiger partial charge in [0.25, 0.3) is 0 Å². The first kappa shape index (κ1) is 17.2. The summed E-state index contributed by atoms with van der Waals surface area (Å²) in [5, 5.41) is 17.0. The minimum absolute atomic E-state index is 0.633. The molecule has 6 nitrogen and oxygen atoms in total. The number of hydrogen-bond acceptors (Lipinski definition) is 8. The van der Waals surface area contributed by atoms with Crippen molar-refractivity contribution in [1.82, 2.24) is 15.4 Å². The fourth-order valence-electron chi connectivity index (χ4n) is 1.87. The van der Waals surface area contributed by atoms with E-state index in [2.05, 4.69) is 20.7 Å². The molecule has 0 aliphatic carbocycles. The van der Waals surface area contributed by atoms with Gasteiger partial charge in [-0.3, -0.25) is 0 Å². The van der Waals surface area contributed by atoms with E-state index in [9.17, 15) is 0 Å². The van der Waals surface area contributed by atoms with E-state index in [0.29, 0.717) is 23.9 Å². The number of aromatic nitrogens is 3. The molecule has 0 fully saturated rings. The highest BCUT2D eigenvalue weighted by atomic mass is 35.5. The number of thioether (sulfide) groups is 1. The molecule has 0 aliphatic rings.